The third-order valence-corrected chi connectivity index (χ3v) is 5.38. The van der Waals surface area contributed by atoms with Crippen LogP contribution in [0.5, 0.6) is 0 Å². The third kappa shape index (κ3) is 3.70. The minimum absolute atomic E-state index is 0.0719. The molecule has 1 saturated heterocycles. The number of likely N-dealkylation sites (tertiary alicyclic amines) is 1. The number of carboxylic acid groups (broad SMARTS) is 1. The topological polar surface area (TPSA) is 96.5 Å². The number of hydrogen-bond donors (Lipinski definition) is 1. The molecule has 1 aromatic heterocycles. The minimum atomic E-state index is -0.866. The highest BCUT2D eigenvalue weighted by Gasteiger charge is 2.49. The van der Waals surface area contributed by atoms with Crippen LogP contribution < -0.4 is 0 Å². The molecule has 138 valence electrons. The van der Waals surface area contributed by atoms with Crippen molar-refractivity contribution in [2.45, 2.75) is 70.8 Å². The molecule has 3 atom stereocenters. The average Bonchev–Trinajstić information content (AvgIpc) is 3.20. The fourth-order valence-electron chi connectivity index (χ4n) is 4.07. The van der Waals surface area contributed by atoms with Gasteiger partial charge >= 0.3 is 5.97 Å². The summed E-state index contributed by atoms with van der Waals surface area (Å²) in [7, 11) is 0. The number of nitrogens with zero attached hydrogens (tertiary/aromatic N) is 3. The summed E-state index contributed by atoms with van der Waals surface area (Å²) in [4.78, 5) is 30.1. The molecular weight excluding hydrogens is 322 g/mol. The van der Waals surface area contributed by atoms with E-state index in [0.717, 1.165) is 19.3 Å². The van der Waals surface area contributed by atoms with Gasteiger partial charge in [0.2, 0.25) is 11.8 Å². The van der Waals surface area contributed by atoms with Gasteiger partial charge in [-0.3, -0.25) is 4.79 Å². The van der Waals surface area contributed by atoms with Crippen LogP contribution in [0.25, 0.3) is 0 Å². The summed E-state index contributed by atoms with van der Waals surface area (Å²) < 4.78 is 5.24. The molecule has 1 aliphatic heterocycles. The number of carboxylic acids is 1. The first-order valence-corrected chi connectivity index (χ1v) is 9.12. The van der Waals surface area contributed by atoms with Crippen LogP contribution in [0.4, 0.5) is 0 Å². The molecule has 2 aliphatic rings. The van der Waals surface area contributed by atoms with E-state index in [9.17, 15) is 14.7 Å². The van der Waals surface area contributed by atoms with E-state index in [1.807, 2.05) is 20.8 Å². The van der Waals surface area contributed by atoms with E-state index >= 15 is 0 Å². The summed E-state index contributed by atoms with van der Waals surface area (Å²) in [5.74, 6) is 0.742. The highest BCUT2D eigenvalue weighted by molar-refractivity contribution is 5.84. The summed E-state index contributed by atoms with van der Waals surface area (Å²) in [5.41, 5.74) is -0.167. The summed E-state index contributed by atoms with van der Waals surface area (Å²) in [6, 6.07) is -0.643. The standard InChI is InChI=1S/C18H27N3O4/c1-18(2,3)17-19-13(25-20-17)8-5-9-14(22)21-10-11-6-4-7-12(11)15(21)16(23)24/h11-12,15H,4-10H2,1-3H3,(H,23,24). The van der Waals surface area contributed by atoms with Crippen molar-refractivity contribution in [1.29, 1.82) is 0 Å². The van der Waals surface area contributed by atoms with Gasteiger partial charge in [-0.1, -0.05) is 32.3 Å². The van der Waals surface area contributed by atoms with Crippen molar-refractivity contribution in [3.63, 3.8) is 0 Å². The second-order valence-corrected chi connectivity index (χ2v) is 8.30. The largest absolute Gasteiger partial charge is 0.480 e. The van der Waals surface area contributed by atoms with Gasteiger partial charge in [0.05, 0.1) is 0 Å². The first-order valence-electron chi connectivity index (χ1n) is 9.12. The Labute approximate surface area is 147 Å². The maximum absolute atomic E-state index is 12.5. The van der Waals surface area contributed by atoms with Gasteiger partial charge < -0.3 is 14.5 Å². The normalized spacial score (nSPS) is 26.0. The number of fused-ring (bicyclic) bond motifs is 1. The van der Waals surface area contributed by atoms with Crippen LogP contribution in [-0.2, 0) is 21.4 Å². The lowest BCUT2D eigenvalue weighted by Crippen LogP contribution is -2.43. The van der Waals surface area contributed by atoms with Gasteiger partial charge in [-0.2, -0.15) is 4.98 Å². The molecule has 0 radical (unpaired) electrons. The fraction of sp³-hybridized carbons (Fsp3) is 0.778. The lowest BCUT2D eigenvalue weighted by Gasteiger charge is -2.24. The molecular formula is C18H27N3O4. The van der Waals surface area contributed by atoms with Gasteiger partial charge in [0.1, 0.15) is 6.04 Å². The SMILES string of the molecule is CC(C)(C)c1noc(CCCC(=O)N2CC3CCCC3C2C(=O)O)n1. The molecule has 3 rings (SSSR count). The molecule has 2 fully saturated rings. The molecule has 0 aromatic carbocycles. The van der Waals surface area contributed by atoms with Crippen LogP contribution in [0.15, 0.2) is 4.52 Å². The molecule has 7 heteroatoms. The van der Waals surface area contributed by atoms with Crippen molar-refractivity contribution in [1.82, 2.24) is 15.0 Å². The van der Waals surface area contributed by atoms with Crippen molar-refractivity contribution in [3.8, 4) is 0 Å². The maximum atomic E-state index is 12.5. The predicted octanol–water partition coefficient (Wildman–Crippen LogP) is 2.40. The molecule has 25 heavy (non-hydrogen) atoms. The van der Waals surface area contributed by atoms with Crippen LogP contribution in [0.3, 0.4) is 0 Å². The Morgan fingerprint density at radius 2 is 2.08 bits per heavy atom. The zero-order chi connectivity index (χ0) is 18.2. The van der Waals surface area contributed by atoms with Crippen molar-refractivity contribution in [2.75, 3.05) is 6.54 Å². The van der Waals surface area contributed by atoms with E-state index in [-0.39, 0.29) is 17.2 Å². The summed E-state index contributed by atoms with van der Waals surface area (Å²) >= 11 is 0. The number of rotatable bonds is 5. The van der Waals surface area contributed by atoms with Crippen LogP contribution >= 0.6 is 0 Å². The highest BCUT2D eigenvalue weighted by atomic mass is 16.5. The van der Waals surface area contributed by atoms with Crippen LogP contribution in [0.2, 0.25) is 0 Å². The Hall–Kier alpha value is -1.92. The lowest BCUT2D eigenvalue weighted by atomic mass is 9.94. The molecule has 1 N–H and O–H groups in total. The first-order chi connectivity index (χ1) is 11.8. The highest BCUT2D eigenvalue weighted by Crippen LogP contribution is 2.42. The number of aromatic nitrogens is 2. The number of hydrogen-bond acceptors (Lipinski definition) is 5. The lowest BCUT2D eigenvalue weighted by molar-refractivity contribution is -0.149. The Morgan fingerprint density at radius 3 is 2.72 bits per heavy atom. The van der Waals surface area contributed by atoms with E-state index in [4.69, 9.17) is 4.52 Å². The quantitative estimate of drug-likeness (QED) is 0.877. The number of aliphatic carboxylic acids is 1. The molecule has 1 saturated carbocycles. The fourth-order valence-corrected chi connectivity index (χ4v) is 4.07. The molecule has 2 heterocycles. The van der Waals surface area contributed by atoms with Gasteiger partial charge in [0.15, 0.2) is 5.82 Å². The molecule has 1 aromatic rings. The summed E-state index contributed by atoms with van der Waals surface area (Å²) in [6.45, 7) is 6.64. The second kappa shape index (κ2) is 6.77. The number of carbonyl (C=O) groups excluding carboxylic acids is 1. The van der Waals surface area contributed by atoms with Gasteiger partial charge in [-0.05, 0) is 31.1 Å². The Balaban J connectivity index is 1.54. The van der Waals surface area contributed by atoms with Crippen LogP contribution in [0, 0.1) is 11.8 Å². The molecule has 1 amide bonds. The van der Waals surface area contributed by atoms with E-state index in [1.54, 1.807) is 4.90 Å². The van der Waals surface area contributed by atoms with Gasteiger partial charge in [0, 0.05) is 24.8 Å². The molecule has 0 bridgehead atoms. The van der Waals surface area contributed by atoms with E-state index in [1.165, 1.54) is 0 Å². The summed E-state index contributed by atoms with van der Waals surface area (Å²) in [5, 5.41) is 13.5. The van der Waals surface area contributed by atoms with Crippen molar-refractivity contribution >= 4 is 11.9 Å². The van der Waals surface area contributed by atoms with Crippen LogP contribution in [0.1, 0.15) is 64.6 Å². The number of carbonyl (C=O) groups is 2. The Bertz CT molecular complexity index is 649. The number of aryl methyl sites for hydroxylation is 1. The van der Waals surface area contributed by atoms with E-state index in [0.29, 0.717) is 43.4 Å². The van der Waals surface area contributed by atoms with E-state index in [2.05, 4.69) is 10.1 Å². The molecule has 1 aliphatic carbocycles. The Kier molecular flexibility index (Phi) is 4.84. The average molecular weight is 349 g/mol. The predicted molar refractivity (Wildman–Crippen MR) is 89.9 cm³/mol. The van der Waals surface area contributed by atoms with Gasteiger partial charge in [-0.15, -0.1) is 0 Å². The molecule has 7 nitrogen and oxygen atoms in total. The van der Waals surface area contributed by atoms with Crippen molar-refractivity contribution in [3.05, 3.63) is 11.7 Å². The first kappa shape index (κ1) is 17.9. The maximum Gasteiger partial charge on any atom is 0.326 e. The molecule has 3 unspecified atom stereocenters. The minimum Gasteiger partial charge on any atom is -0.480 e. The zero-order valence-corrected chi connectivity index (χ0v) is 15.2. The van der Waals surface area contributed by atoms with Crippen LogP contribution in [-0.4, -0.2) is 44.6 Å². The Morgan fingerprint density at radius 1 is 1.32 bits per heavy atom. The van der Waals surface area contributed by atoms with Crippen molar-refractivity contribution < 1.29 is 19.2 Å². The van der Waals surface area contributed by atoms with Gasteiger partial charge in [0.25, 0.3) is 0 Å². The molecule has 0 spiro atoms. The summed E-state index contributed by atoms with van der Waals surface area (Å²) in [6.07, 6.45) is 4.47. The smallest absolute Gasteiger partial charge is 0.326 e. The third-order valence-electron chi connectivity index (χ3n) is 5.38. The monoisotopic (exact) mass is 349 g/mol. The second-order valence-electron chi connectivity index (χ2n) is 8.30. The number of amides is 1. The zero-order valence-electron chi connectivity index (χ0n) is 15.2. The van der Waals surface area contributed by atoms with Crippen molar-refractivity contribution in [2.24, 2.45) is 11.8 Å². The van der Waals surface area contributed by atoms with E-state index < -0.39 is 12.0 Å². The van der Waals surface area contributed by atoms with Gasteiger partial charge in [-0.25, -0.2) is 4.79 Å².